The summed E-state index contributed by atoms with van der Waals surface area (Å²) in [7, 11) is 2.14. The van der Waals surface area contributed by atoms with Crippen molar-refractivity contribution >= 4 is 50.7 Å². The van der Waals surface area contributed by atoms with E-state index in [1.54, 1.807) is 12.1 Å². The number of pyridine rings is 1. The lowest BCUT2D eigenvalue weighted by atomic mass is 10.1. The summed E-state index contributed by atoms with van der Waals surface area (Å²) in [4.78, 5) is 47.3. The Morgan fingerprint density at radius 3 is 2.52 bits per heavy atom. The van der Waals surface area contributed by atoms with Gasteiger partial charge in [0.15, 0.2) is 11.3 Å². The molecule has 1 saturated heterocycles. The van der Waals surface area contributed by atoms with Gasteiger partial charge in [0.2, 0.25) is 5.95 Å². The molecule has 6 aromatic rings. The van der Waals surface area contributed by atoms with Gasteiger partial charge in [-0.25, -0.2) is 14.6 Å². The maximum Gasteiger partial charge on any atom is 0.365 e. The second-order valence-electron chi connectivity index (χ2n) is 10.3. The summed E-state index contributed by atoms with van der Waals surface area (Å²) >= 11 is 0. The molecule has 0 spiro atoms. The number of aromatic nitrogens is 6. The normalized spacial score (nSPS) is 14.2. The number of hydrogen-bond donors (Lipinski definition) is 1. The number of nitrogens with one attached hydrogen (secondary N) is 1. The first-order chi connectivity index (χ1) is 20.4. The van der Waals surface area contributed by atoms with E-state index in [0.29, 0.717) is 22.5 Å². The Morgan fingerprint density at radius 2 is 1.74 bits per heavy atom. The monoisotopic (exact) mass is 562 g/mol. The van der Waals surface area contributed by atoms with Crippen LogP contribution in [0.5, 0.6) is 0 Å². The minimum Gasteiger partial charge on any atom is -0.369 e. The third-order valence-electron chi connectivity index (χ3n) is 7.60. The van der Waals surface area contributed by atoms with Crippen LogP contribution in [0, 0.1) is 17.0 Å². The largest absolute Gasteiger partial charge is 0.369 e. The zero-order chi connectivity index (χ0) is 29.0. The van der Waals surface area contributed by atoms with Gasteiger partial charge in [0, 0.05) is 61.3 Å². The Balaban J connectivity index is 1.30. The van der Waals surface area contributed by atoms with Crippen molar-refractivity contribution in [2.75, 3.05) is 43.4 Å². The quantitative estimate of drug-likeness (QED) is 0.244. The van der Waals surface area contributed by atoms with Crippen molar-refractivity contribution in [2.24, 2.45) is 0 Å². The van der Waals surface area contributed by atoms with Crippen molar-refractivity contribution in [2.45, 2.75) is 6.92 Å². The summed E-state index contributed by atoms with van der Waals surface area (Å²) in [6, 6.07) is 17.9. The molecular weight excluding hydrogens is 536 g/mol. The highest BCUT2D eigenvalue weighted by atomic mass is 16.6. The molecule has 0 aliphatic carbocycles. The number of piperazine rings is 1. The first-order valence-corrected chi connectivity index (χ1v) is 13.5. The van der Waals surface area contributed by atoms with Crippen molar-refractivity contribution in [3.8, 4) is 5.82 Å². The molecule has 1 aliphatic heterocycles. The van der Waals surface area contributed by atoms with Crippen molar-refractivity contribution in [1.82, 2.24) is 34.0 Å². The van der Waals surface area contributed by atoms with Crippen LogP contribution >= 0.6 is 0 Å². The van der Waals surface area contributed by atoms with E-state index in [-0.39, 0.29) is 22.7 Å². The number of nitrogens with zero attached hydrogens (tertiary/aromatic N) is 9. The van der Waals surface area contributed by atoms with E-state index in [4.69, 9.17) is 4.98 Å². The van der Waals surface area contributed by atoms with Gasteiger partial charge in [-0.05, 0) is 65.8 Å². The Labute approximate surface area is 238 Å². The number of benzene rings is 2. The average molecular weight is 563 g/mol. The fourth-order valence-electron chi connectivity index (χ4n) is 5.46. The van der Waals surface area contributed by atoms with E-state index in [9.17, 15) is 14.9 Å². The fraction of sp³-hybridized carbons (Fsp3) is 0.207. The molecule has 0 radical (unpaired) electrons. The number of para-hydroxylation sites is 1. The molecule has 7 rings (SSSR count). The van der Waals surface area contributed by atoms with Crippen LogP contribution in [0.1, 0.15) is 5.56 Å². The summed E-state index contributed by atoms with van der Waals surface area (Å²) in [6.07, 6.45) is 1.45. The zero-order valence-electron chi connectivity index (χ0n) is 22.9. The molecule has 42 heavy (non-hydrogen) atoms. The second-order valence-corrected chi connectivity index (χ2v) is 10.3. The van der Waals surface area contributed by atoms with Gasteiger partial charge in [0.05, 0.1) is 5.52 Å². The molecule has 0 bridgehead atoms. The SMILES string of the molecule is Cc1cc(Nc2ncc3c(=O)n4c(nc3n2)c2ccccc2n4-c2cccc([N+](=O)[O-])n2)ccc1N1CCN(C)CC1. The number of likely N-dealkylation sites (N-methyl/N-ethyl adjacent to an activating group) is 1. The molecule has 0 amide bonds. The molecule has 1 aliphatic rings. The Kier molecular flexibility index (Phi) is 6.01. The van der Waals surface area contributed by atoms with Gasteiger partial charge >= 0.3 is 5.82 Å². The zero-order valence-corrected chi connectivity index (χ0v) is 22.9. The van der Waals surface area contributed by atoms with Gasteiger partial charge < -0.3 is 25.2 Å². The molecule has 1 fully saturated rings. The number of hydrogen-bond acceptors (Lipinski definition) is 10. The summed E-state index contributed by atoms with van der Waals surface area (Å²) in [5, 5.41) is 15.5. The molecule has 0 saturated carbocycles. The summed E-state index contributed by atoms with van der Waals surface area (Å²) in [5.41, 5.74) is 3.97. The van der Waals surface area contributed by atoms with Crippen molar-refractivity contribution in [1.29, 1.82) is 0 Å². The highest BCUT2D eigenvalue weighted by Crippen LogP contribution is 2.27. The number of rotatable bonds is 5. The summed E-state index contributed by atoms with van der Waals surface area (Å²) < 4.78 is 2.89. The van der Waals surface area contributed by atoms with E-state index >= 15 is 0 Å². The van der Waals surface area contributed by atoms with Crippen LogP contribution in [-0.2, 0) is 0 Å². The molecule has 0 atom stereocenters. The minimum absolute atomic E-state index is 0.203. The molecule has 13 heteroatoms. The molecular formula is C29H26N10O3. The van der Waals surface area contributed by atoms with Crippen molar-refractivity contribution in [3.63, 3.8) is 0 Å². The van der Waals surface area contributed by atoms with Gasteiger partial charge in [-0.3, -0.25) is 4.79 Å². The standard InChI is InChI=1S/C29H26N10O3/c1-18-16-19(10-11-22(18)36-14-12-35(2)13-15-36)31-29-30-17-21-26(34-29)33-27-20-6-3-4-7-23(20)37(38(27)28(21)40)24-8-5-9-25(32-24)39(41)42/h3-11,16-17H,12-15H2,1-2H3,(H,30,31,34). The third kappa shape index (κ3) is 4.27. The highest BCUT2D eigenvalue weighted by molar-refractivity contribution is 5.95. The molecule has 2 aromatic carbocycles. The van der Waals surface area contributed by atoms with Crippen LogP contribution in [0.4, 0.5) is 23.1 Å². The lowest BCUT2D eigenvalue weighted by Gasteiger charge is -2.35. The molecule has 5 heterocycles. The van der Waals surface area contributed by atoms with Crippen molar-refractivity contribution in [3.05, 3.63) is 92.9 Å². The van der Waals surface area contributed by atoms with Gasteiger partial charge in [0.25, 0.3) is 11.4 Å². The average Bonchev–Trinajstić information content (AvgIpc) is 3.32. The maximum absolute atomic E-state index is 13.8. The van der Waals surface area contributed by atoms with Gasteiger partial charge in [-0.2, -0.15) is 9.50 Å². The lowest BCUT2D eigenvalue weighted by Crippen LogP contribution is -2.44. The van der Waals surface area contributed by atoms with E-state index < -0.39 is 10.5 Å². The van der Waals surface area contributed by atoms with Crippen LogP contribution in [-0.4, -0.2) is 72.2 Å². The third-order valence-corrected chi connectivity index (χ3v) is 7.60. The number of nitro groups is 1. The Morgan fingerprint density at radius 1 is 0.929 bits per heavy atom. The molecule has 1 N–H and O–H groups in total. The smallest absolute Gasteiger partial charge is 0.365 e. The predicted molar refractivity (Wildman–Crippen MR) is 160 cm³/mol. The molecule has 210 valence electrons. The van der Waals surface area contributed by atoms with Crippen LogP contribution in [0.15, 0.2) is 71.7 Å². The van der Waals surface area contributed by atoms with Crippen LogP contribution < -0.4 is 15.8 Å². The van der Waals surface area contributed by atoms with Gasteiger partial charge in [-0.15, -0.1) is 0 Å². The maximum atomic E-state index is 13.8. The Bertz CT molecular complexity index is 2080. The minimum atomic E-state index is -0.572. The molecule has 0 unspecified atom stereocenters. The number of aryl methyl sites for hydroxylation is 1. The van der Waals surface area contributed by atoms with E-state index in [1.165, 1.54) is 33.2 Å². The van der Waals surface area contributed by atoms with Crippen LogP contribution in [0.3, 0.4) is 0 Å². The Hall–Kier alpha value is -5.43. The highest BCUT2D eigenvalue weighted by Gasteiger charge is 2.22. The first-order valence-electron chi connectivity index (χ1n) is 13.5. The van der Waals surface area contributed by atoms with E-state index in [1.807, 2.05) is 24.3 Å². The van der Waals surface area contributed by atoms with Crippen LogP contribution in [0.2, 0.25) is 0 Å². The number of anilines is 3. The number of fused-ring (bicyclic) bond motifs is 4. The first kappa shape index (κ1) is 25.5. The predicted octanol–water partition coefficient (Wildman–Crippen LogP) is 3.69. The summed E-state index contributed by atoms with van der Waals surface area (Å²) in [5.74, 6) is 0.203. The second kappa shape index (κ2) is 9.89. The van der Waals surface area contributed by atoms with E-state index in [0.717, 1.165) is 37.4 Å². The van der Waals surface area contributed by atoms with Crippen LogP contribution in [0.25, 0.3) is 33.4 Å². The lowest BCUT2D eigenvalue weighted by molar-refractivity contribution is -0.389. The fourth-order valence-corrected chi connectivity index (χ4v) is 5.46. The van der Waals surface area contributed by atoms with Gasteiger partial charge in [0.1, 0.15) is 5.39 Å². The molecule has 13 nitrogen and oxygen atoms in total. The molecule has 4 aromatic heterocycles. The van der Waals surface area contributed by atoms with Gasteiger partial charge in [-0.1, -0.05) is 12.1 Å². The van der Waals surface area contributed by atoms with Crippen molar-refractivity contribution < 1.29 is 4.92 Å². The summed E-state index contributed by atoms with van der Waals surface area (Å²) in [6.45, 7) is 6.13. The topological polar surface area (TPSA) is 140 Å². The van der Waals surface area contributed by atoms with E-state index in [2.05, 4.69) is 56.2 Å².